The number of ether oxygens (including phenoxy) is 2. The molecule has 5 aliphatic heterocycles. The second-order valence-electron chi connectivity index (χ2n) is 25.7. The summed E-state index contributed by atoms with van der Waals surface area (Å²) >= 11 is 0. The quantitative estimate of drug-likeness (QED) is 0.0634. The molecule has 0 spiro atoms. The number of benzene rings is 3. The number of esters is 1. The Labute approximate surface area is 482 Å². The molecule has 3 fully saturated rings. The van der Waals surface area contributed by atoms with E-state index in [9.17, 15) is 40.5 Å². The van der Waals surface area contributed by atoms with Crippen molar-refractivity contribution in [3.63, 3.8) is 0 Å². The Balaban J connectivity index is 0.981. The van der Waals surface area contributed by atoms with E-state index in [0.717, 1.165) is 69.9 Å². The number of hydrogen-bond donors (Lipinski definition) is 11. The number of nitrogens with one attached hydrogen (secondary N) is 3. The van der Waals surface area contributed by atoms with Crippen LogP contribution in [0.4, 0.5) is 0 Å². The summed E-state index contributed by atoms with van der Waals surface area (Å²) in [7, 11) is 0. The third kappa shape index (κ3) is 8.27. The van der Waals surface area contributed by atoms with E-state index in [1.54, 1.807) is 25.1 Å². The van der Waals surface area contributed by atoms with E-state index in [1.165, 1.54) is 11.1 Å². The number of carbonyl (C=O) groups is 1. The summed E-state index contributed by atoms with van der Waals surface area (Å²) in [6, 6.07) is 12.7. The van der Waals surface area contributed by atoms with Crippen molar-refractivity contribution in [3.05, 3.63) is 161 Å². The molecular formula is C67H76N4O12. The summed E-state index contributed by atoms with van der Waals surface area (Å²) in [5.74, 6) is -4.02. The maximum atomic E-state index is 15.9. The first-order chi connectivity index (χ1) is 40.1. The predicted molar refractivity (Wildman–Crippen MR) is 311 cm³/mol. The van der Waals surface area contributed by atoms with Gasteiger partial charge >= 0.3 is 5.97 Å². The first-order valence-corrected chi connectivity index (χ1v) is 30.2. The molecule has 14 rings (SSSR count). The van der Waals surface area contributed by atoms with Crippen LogP contribution in [0.3, 0.4) is 0 Å². The van der Waals surface area contributed by atoms with Gasteiger partial charge in [-0.25, -0.2) is 4.79 Å². The number of dihydropyridines is 2. The Morgan fingerprint density at radius 3 is 2.61 bits per heavy atom. The average Bonchev–Trinajstić information content (AvgIpc) is 2.48. The third-order valence-electron chi connectivity index (χ3n) is 21.6. The fourth-order valence-corrected chi connectivity index (χ4v) is 17.8. The molecule has 3 aromatic carbocycles. The maximum absolute atomic E-state index is 15.9. The van der Waals surface area contributed by atoms with Gasteiger partial charge in [0.2, 0.25) is 0 Å². The maximum Gasteiger partial charge on any atom is 0.337 e. The summed E-state index contributed by atoms with van der Waals surface area (Å²) in [6.45, 7) is 5.17. The highest BCUT2D eigenvalue weighted by molar-refractivity contribution is 5.93. The highest BCUT2D eigenvalue weighted by atomic mass is 16.6. The van der Waals surface area contributed by atoms with Gasteiger partial charge in [-0.15, -0.1) is 0 Å². The van der Waals surface area contributed by atoms with Crippen molar-refractivity contribution in [1.29, 1.82) is 0 Å². The van der Waals surface area contributed by atoms with E-state index in [1.807, 2.05) is 25.1 Å². The number of carbonyl (C=O) groups excluding carboxylic acids is 1. The number of rotatable bonds is 7. The number of phenols is 2. The van der Waals surface area contributed by atoms with E-state index < -0.39 is 77.4 Å². The Morgan fingerprint density at radius 2 is 1.82 bits per heavy atom. The molecule has 14 atom stereocenters. The van der Waals surface area contributed by atoms with Gasteiger partial charge in [-0.2, -0.15) is 0 Å². The monoisotopic (exact) mass is 1130 g/mol. The highest BCUT2D eigenvalue weighted by Gasteiger charge is 2.60. The summed E-state index contributed by atoms with van der Waals surface area (Å²) in [6.07, 6.45) is 12.6. The van der Waals surface area contributed by atoms with E-state index in [4.69, 9.17) is 19.6 Å². The predicted octanol–water partition coefficient (Wildman–Crippen LogP) is 7.44. The lowest BCUT2D eigenvalue weighted by molar-refractivity contribution is -0.171. The summed E-state index contributed by atoms with van der Waals surface area (Å²) in [4.78, 5) is 30.6. The minimum absolute atomic E-state index is 0.0152. The first kappa shape index (κ1) is 54.3. The molecule has 1 saturated heterocycles. The van der Waals surface area contributed by atoms with Gasteiger partial charge in [-0.3, -0.25) is 10.1 Å². The Morgan fingerprint density at radius 1 is 0.988 bits per heavy atom. The van der Waals surface area contributed by atoms with Gasteiger partial charge in [-0.05, 0) is 188 Å². The van der Waals surface area contributed by atoms with Crippen molar-refractivity contribution in [2.75, 3.05) is 19.8 Å². The van der Waals surface area contributed by atoms with Crippen molar-refractivity contribution >= 4 is 22.5 Å². The van der Waals surface area contributed by atoms with Gasteiger partial charge in [0, 0.05) is 72.7 Å². The molecule has 0 amide bonds. The molecule has 83 heavy (non-hydrogen) atoms. The number of aliphatic hydroxyl groups is 5. The number of fused-ring (bicyclic) bond motifs is 13. The van der Waals surface area contributed by atoms with E-state index in [2.05, 4.69) is 47.3 Å². The number of aryl methyl sites for hydroxylation is 1. The minimum atomic E-state index is -1.68. The number of piperidine rings is 1. The van der Waals surface area contributed by atoms with Crippen LogP contribution >= 0.6 is 0 Å². The summed E-state index contributed by atoms with van der Waals surface area (Å²) in [5, 5.41) is 92.9. The summed E-state index contributed by atoms with van der Waals surface area (Å²) in [5.41, 5.74) is 15.2. The van der Waals surface area contributed by atoms with Crippen molar-refractivity contribution < 1.29 is 54.4 Å². The molecule has 10 aliphatic rings. The second-order valence-corrected chi connectivity index (χ2v) is 25.7. The molecule has 0 radical (unpaired) electrons. The van der Waals surface area contributed by atoms with Crippen LogP contribution < -0.4 is 31.8 Å². The van der Waals surface area contributed by atoms with Gasteiger partial charge < -0.3 is 66.0 Å². The molecule has 5 aliphatic carbocycles. The fourth-order valence-electron chi connectivity index (χ4n) is 17.8. The zero-order valence-corrected chi connectivity index (χ0v) is 47.3. The zero-order valence-electron chi connectivity index (χ0n) is 47.3. The average molecular weight is 1130 g/mol. The molecule has 2 saturated carbocycles. The Bertz CT molecular complexity index is 3670. The van der Waals surface area contributed by atoms with E-state index in [-0.39, 0.29) is 88.7 Å². The Hall–Kier alpha value is -6.66. The molecule has 16 nitrogen and oxygen atoms in total. The lowest BCUT2D eigenvalue weighted by Gasteiger charge is -2.52. The molecule has 12 N–H and O–H groups in total. The summed E-state index contributed by atoms with van der Waals surface area (Å²) < 4.78 is 21.7. The number of allylic oxidation sites excluding steroid dienone is 6. The van der Waals surface area contributed by atoms with Gasteiger partial charge in [0.1, 0.15) is 63.7 Å². The van der Waals surface area contributed by atoms with Crippen molar-refractivity contribution in [3.8, 4) is 17.2 Å². The van der Waals surface area contributed by atoms with Gasteiger partial charge in [0.25, 0.3) is 0 Å². The molecular weight excluding hydrogens is 1050 g/mol. The molecule has 436 valence electrons. The van der Waals surface area contributed by atoms with Crippen LogP contribution in [0.2, 0.25) is 0 Å². The number of aliphatic hydroxyl groups excluding tert-OH is 4. The molecule has 1 unspecified atom stereocenters. The van der Waals surface area contributed by atoms with Crippen molar-refractivity contribution in [1.82, 2.24) is 16.0 Å². The largest absolute Gasteiger partial charge is 0.508 e. The minimum Gasteiger partial charge on any atom is -0.508 e. The zero-order chi connectivity index (χ0) is 57.5. The lowest BCUT2D eigenvalue weighted by Crippen LogP contribution is -2.59. The Kier molecular flexibility index (Phi) is 13.3. The molecule has 16 heteroatoms. The van der Waals surface area contributed by atoms with Crippen molar-refractivity contribution in [2.24, 2.45) is 35.3 Å². The van der Waals surface area contributed by atoms with Crippen LogP contribution in [0.25, 0.3) is 16.5 Å². The smallest absolute Gasteiger partial charge is 0.337 e. The van der Waals surface area contributed by atoms with Crippen LogP contribution in [0.5, 0.6) is 17.2 Å². The number of hydrogen-bond acceptors (Lipinski definition) is 16. The number of nitrogens with two attached hydrogens (primary N) is 1. The van der Waals surface area contributed by atoms with Gasteiger partial charge in [0.15, 0.2) is 5.43 Å². The molecule has 1 aromatic heterocycles. The van der Waals surface area contributed by atoms with Crippen LogP contribution in [-0.4, -0.2) is 91.0 Å². The first-order valence-electron chi connectivity index (χ1n) is 30.2. The van der Waals surface area contributed by atoms with Crippen LogP contribution in [0, 0.1) is 29.6 Å². The van der Waals surface area contributed by atoms with Crippen LogP contribution in [0.15, 0.2) is 115 Å². The molecule has 4 aromatic rings. The molecule has 6 heterocycles. The van der Waals surface area contributed by atoms with E-state index in [0.29, 0.717) is 74.5 Å². The third-order valence-corrected chi connectivity index (χ3v) is 21.6. The lowest BCUT2D eigenvalue weighted by atomic mass is 9.61. The standard InChI is InChI=1S/C67H76N4O12/c1-4-50(67(80)27-35-22-37(67)21-34-20-33(17-19-72)59(77)46-7-5-6-41(35)54(34)46)65(79)82-53-26-48-60(78)57-52(76)25-39(29-73)81-62(57)58-55-45-16-18-69-63(68)56(45)43(13-10-32-9-11-38(75)24-47(32)49(55)30-74)42-15-14-40-36(23-51(42)66(53,3)83-61(48)58)28-70-64-44(40)12-8-31(2)71-64/h4-7,9,11,16,21,24-25,28,31,33,35,37,42-43,49,51,53,55,59,64,69-75,77-78,80H,8,10,12-15,17-20,22-23,26-27,29-30,68H2,1-3H3/b50-4+/t31-,33-,35-,37+,42+,43+,49+,51+,53-,55+,59-,64?,66+,67+/m1/s1. The topological polar surface area (TPSA) is 269 Å². The van der Waals surface area contributed by atoms with Crippen molar-refractivity contribution in [2.45, 2.75) is 158 Å². The fraction of sp³-hybridized carbons (Fsp3) is 0.493. The van der Waals surface area contributed by atoms with Crippen LogP contribution in [0.1, 0.15) is 154 Å². The number of aromatic hydroxyl groups is 2. The second kappa shape index (κ2) is 20.3. The van der Waals surface area contributed by atoms with E-state index >= 15 is 4.79 Å². The van der Waals surface area contributed by atoms with Gasteiger partial charge in [-0.1, -0.05) is 42.5 Å². The highest BCUT2D eigenvalue weighted by Crippen LogP contribution is 2.63. The SMILES string of the molecule is C/C=C(\C(=O)O[C@@H]1Cc2c3c(c4oc(CO)cc(=O)c4c2O)[C@H]2C4=CCNC(N)=C4[C@@H](CCc4ccc(O)cc4[C@@H]2CO)[C@@H]2CCC4=C5CC[C@@H](C)NC5NC=C4C[C@@H]2[C@]1(C)O3)[C@]1(O)C[C@H]2C[C@@H]1C=C1C[C@@H](CCO)[C@@H](O)c3cccc2c31. The normalized spacial score (nSPS) is 33.9. The number of phenolic OH excluding ortho intramolecular Hbond substituents is 2. The molecule has 6 bridgehead atoms. The van der Waals surface area contributed by atoms with Crippen LogP contribution in [-0.2, 0) is 29.0 Å². The van der Waals surface area contributed by atoms with Gasteiger partial charge in [0.05, 0.1) is 24.4 Å².